The fourth-order valence-electron chi connectivity index (χ4n) is 3.35. The maximum absolute atomic E-state index is 12.5. The molecule has 0 aromatic carbocycles. The lowest BCUT2D eigenvalue weighted by Crippen LogP contribution is -2.53. The molecule has 2 rings (SSSR count). The van der Waals surface area contributed by atoms with E-state index >= 15 is 0 Å². The maximum Gasteiger partial charge on any atom is 0.236 e. The number of piperidine rings is 1. The molecular weight excluding hydrogens is 304 g/mol. The zero-order valence-corrected chi connectivity index (χ0v) is 15.4. The number of likely N-dealkylation sites (N-methyl/N-ethyl adjacent to an activating group) is 2. The molecule has 1 amide bonds. The second kappa shape index (κ2) is 8.55. The van der Waals surface area contributed by atoms with Crippen molar-refractivity contribution >= 4 is 5.91 Å². The summed E-state index contributed by atoms with van der Waals surface area (Å²) in [6.07, 6.45) is 5.35. The molecule has 0 N–H and O–H groups in total. The highest BCUT2D eigenvalue weighted by atomic mass is 16.5. The zero-order valence-electron chi connectivity index (χ0n) is 15.4. The number of aromatic nitrogens is 1. The Labute approximate surface area is 145 Å². The Balaban J connectivity index is 1.82. The summed E-state index contributed by atoms with van der Waals surface area (Å²) >= 11 is 0. The topological polar surface area (TPSA) is 48.9 Å². The molecule has 134 valence electrons. The van der Waals surface area contributed by atoms with Crippen LogP contribution < -0.4 is 0 Å². The van der Waals surface area contributed by atoms with Gasteiger partial charge in [-0.1, -0.05) is 0 Å². The van der Waals surface area contributed by atoms with Crippen LogP contribution in [-0.4, -0.2) is 85.6 Å². The number of methoxy groups -OCH3 is 1. The van der Waals surface area contributed by atoms with Gasteiger partial charge < -0.3 is 14.5 Å². The second-order valence-corrected chi connectivity index (χ2v) is 7.03. The normalized spacial score (nSPS) is 17.5. The molecule has 1 aromatic rings. The van der Waals surface area contributed by atoms with Crippen LogP contribution in [0.1, 0.15) is 18.4 Å². The van der Waals surface area contributed by atoms with E-state index in [0.29, 0.717) is 6.54 Å². The van der Waals surface area contributed by atoms with Crippen molar-refractivity contribution in [2.75, 3.05) is 54.4 Å². The standard InChI is InChI=1S/C18H30N4O2/c1-20(2)15-18(24-4)7-11-22(12-8-18)17(23)14-21(3)13-16-5-9-19-10-6-16/h5-6,9-10H,7-8,11-15H2,1-4H3. The fraction of sp³-hybridized carbons (Fsp3) is 0.667. The number of nitrogens with zero attached hydrogens (tertiary/aromatic N) is 4. The smallest absolute Gasteiger partial charge is 0.236 e. The third-order valence-corrected chi connectivity index (χ3v) is 4.67. The van der Waals surface area contributed by atoms with Crippen LogP contribution >= 0.6 is 0 Å². The van der Waals surface area contributed by atoms with Crippen LogP contribution in [0.25, 0.3) is 0 Å². The van der Waals surface area contributed by atoms with Gasteiger partial charge in [0.1, 0.15) is 0 Å². The number of hydrogen-bond acceptors (Lipinski definition) is 5. The zero-order chi connectivity index (χ0) is 17.6. The summed E-state index contributed by atoms with van der Waals surface area (Å²) < 4.78 is 5.78. The van der Waals surface area contributed by atoms with Gasteiger partial charge in [0.25, 0.3) is 0 Å². The molecule has 1 aromatic heterocycles. The highest BCUT2D eigenvalue weighted by Crippen LogP contribution is 2.26. The van der Waals surface area contributed by atoms with E-state index in [9.17, 15) is 4.79 Å². The van der Waals surface area contributed by atoms with Crippen LogP contribution in [0, 0.1) is 0 Å². The van der Waals surface area contributed by atoms with Crippen LogP contribution in [0.3, 0.4) is 0 Å². The van der Waals surface area contributed by atoms with Crippen molar-refractivity contribution in [1.82, 2.24) is 19.7 Å². The van der Waals surface area contributed by atoms with Crippen molar-refractivity contribution in [1.29, 1.82) is 0 Å². The minimum absolute atomic E-state index is 0.122. The predicted molar refractivity (Wildman–Crippen MR) is 94.7 cm³/mol. The lowest BCUT2D eigenvalue weighted by atomic mass is 9.90. The van der Waals surface area contributed by atoms with Crippen molar-refractivity contribution in [2.24, 2.45) is 0 Å². The molecule has 0 aliphatic carbocycles. The van der Waals surface area contributed by atoms with Gasteiger partial charge in [-0.15, -0.1) is 0 Å². The van der Waals surface area contributed by atoms with Crippen molar-refractivity contribution in [3.05, 3.63) is 30.1 Å². The van der Waals surface area contributed by atoms with E-state index in [1.807, 2.05) is 24.1 Å². The van der Waals surface area contributed by atoms with Gasteiger partial charge in [0.15, 0.2) is 0 Å². The van der Waals surface area contributed by atoms with Gasteiger partial charge >= 0.3 is 0 Å². The van der Waals surface area contributed by atoms with Crippen molar-refractivity contribution in [2.45, 2.75) is 25.0 Å². The molecule has 0 unspecified atom stereocenters. The van der Waals surface area contributed by atoms with Crippen LogP contribution in [-0.2, 0) is 16.1 Å². The Morgan fingerprint density at radius 3 is 2.42 bits per heavy atom. The Morgan fingerprint density at radius 2 is 1.88 bits per heavy atom. The Bertz CT molecular complexity index is 513. The van der Waals surface area contributed by atoms with E-state index in [1.54, 1.807) is 19.5 Å². The van der Waals surface area contributed by atoms with Crippen molar-refractivity contribution in [3.8, 4) is 0 Å². The average Bonchev–Trinajstić information content (AvgIpc) is 2.55. The van der Waals surface area contributed by atoms with E-state index < -0.39 is 0 Å². The molecular formula is C18H30N4O2. The Hall–Kier alpha value is -1.50. The minimum atomic E-state index is -0.122. The lowest BCUT2D eigenvalue weighted by Gasteiger charge is -2.42. The van der Waals surface area contributed by atoms with Gasteiger partial charge in [-0.3, -0.25) is 14.7 Å². The highest BCUT2D eigenvalue weighted by Gasteiger charge is 2.36. The van der Waals surface area contributed by atoms with E-state index in [-0.39, 0.29) is 11.5 Å². The molecule has 6 heteroatoms. The number of hydrogen-bond donors (Lipinski definition) is 0. The van der Waals surface area contributed by atoms with Crippen LogP contribution in [0.2, 0.25) is 0 Å². The summed E-state index contributed by atoms with van der Waals surface area (Å²) in [6.45, 7) is 3.63. The summed E-state index contributed by atoms with van der Waals surface area (Å²) in [5.74, 6) is 0.195. The third kappa shape index (κ3) is 5.26. The molecule has 0 saturated carbocycles. The third-order valence-electron chi connectivity index (χ3n) is 4.67. The van der Waals surface area contributed by atoms with Crippen LogP contribution in [0.5, 0.6) is 0 Å². The number of amides is 1. The van der Waals surface area contributed by atoms with E-state index in [4.69, 9.17) is 4.74 Å². The summed E-state index contributed by atoms with van der Waals surface area (Å²) in [6, 6.07) is 3.96. The molecule has 1 saturated heterocycles. The molecule has 0 radical (unpaired) electrons. The largest absolute Gasteiger partial charge is 0.377 e. The number of ether oxygens (including phenoxy) is 1. The van der Waals surface area contributed by atoms with Crippen LogP contribution in [0.15, 0.2) is 24.5 Å². The molecule has 6 nitrogen and oxygen atoms in total. The number of rotatable bonds is 7. The van der Waals surface area contributed by atoms with Crippen molar-refractivity contribution in [3.63, 3.8) is 0 Å². The SMILES string of the molecule is COC1(CN(C)C)CCN(C(=O)CN(C)Cc2ccncc2)CC1. The first kappa shape index (κ1) is 18.8. The van der Waals surface area contributed by atoms with E-state index in [0.717, 1.165) is 39.0 Å². The maximum atomic E-state index is 12.5. The Morgan fingerprint density at radius 1 is 1.25 bits per heavy atom. The average molecular weight is 334 g/mol. The molecule has 0 spiro atoms. The Kier molecular flexibility index (Phi) is 6.71. The molecule has 2 heterocycles. The van der Waals surface area contributed by atoms with Gasteiger partial charge in [-0.25, -0.2) is 0 Å². The molecule has 1 aliphatic rings. The number of carbonyl (C=O) groups is 1. The predicted octanol–water partition coefficient (Wildman–Crippen LogP) is 1.08. The monoisotopic (exact) mass is 334 g/mol. The first-order valence-electron chi connectivity index (χ1n) is 8.49. The molecule has 0 bridgehead atoms. The highest BCUT2D eigenvalue weighted by molar-refractivity contribution is 5.78. The number of pyridine rings is 1. The first-order chi connectivity index (χ1) is 11.4. The molecule has 1 fully saturated rings. The first-order valence-corrected chi connectivity index (χ1v) is 8.49. The van der Waals surface area contributed by atoms with Gasteiger partial charge in [-0.05, 0) is 51.7 Å². The van der Waals surface area contributed by atoms with E-state index in [2.05, 4.69) is 28.9 Å². The lowest BCUT2D eigenvalue weighted by molar-refractivity contribution is -0.138. The van der Waals surface area contributed by atoms with Gasteiger partial charge in [0.2, 0.25) is 5.91 Å². The summed E-state index contributed by atoms with van der Waals surface area (Å²) in [7, 11) is 7.88. The number of carbonyl (C=O) groups excluding carboxylic acids is 1. The minimum Gasteiger partial charge on any atom is -0.377 e. The van der Waals surface area contributed by atoms with Gasteiger partial charge in [0, 0.05) is 45.7 Å². The summed E-state index contributed by atoms with van der Waals surface area (Å²) in [5.41, 5.74) is 1.05. The quantitative estimate of drug-likeness (QED) is 0.747. The molecule has 1 aliphatic heterocycles. The molecule has 0 atom stereocenters. The molecule has 24 heavy (non-hydrogen) atoms. The summed E-state index contributed by atoms with van der Waals surface area (Å²) in [5, 5.41) is 0. The van der Waals surface area contributed by atoms with Gasteiger partial charge in [0.05, 0.1) is 12.1 Å². The van der Waals surface area contributed by atoms with Crippen molar-refractivity contribution < 1.29 is 9.53 Å². The summed E-state index contributed by atoms with van der Waals surface area (Å²) in [4.78, 5) is 22.7. The van der Waals surface area contributed by atoms with Crippen LogP contribution in [0.4, 0.5) is 0 Å². The van der Waals surface area contributed by atoms with Gasteiger partial charge in [-0.2, -0.15) is 0 Å². The number of likely N-dealkylation sites (tertiary alicyclic amines) is 1. The van der Waals surface area contributed by atoms with E-state index in [1.165, 1.54) is 5.56 Å². The second-order valence-electron chi connectivity index (χ2n) is 7.03. The fourth-order valence-corrected chi connectivity index (χ4v) is 3.35.